The van der Waals surface area contributed by atoms with Crippen LogP contribution in [0.15, 0.2) is 24.3 Å². The molecule has 2 N–H and O–H groups in total. The van der Waals surface area contributed by atoms with Gasteiger partial charge in [-0.25, -0.2) is 4.79 Å². The highest BCUT2D eigenvalue weighted by Crippen LogP contribution is 2.10. The predicted molar refractivity (Wildman–Crippen MR) is 71.6 cm³/mol. The van der Waals surface area contributed by atoms with Gasteiger partial charge in [0.05, 0.1) is 7.11 Å². The maximum Gasteiger partial charge on any atom is 0.326 e. The van der Waals surface area contributed by atoms with Crippen molar-refractivity contribution in [2.24, 2.45) is 0 Å². The molecule has 0 radical (unpaired) electrons. The van der Waals surface area contributed by atoms with Gasteiger partial charge in [0, 0.05) is 17.0 Å². The van der Waals surface area contributed by atoms with E-state index in [0.717, 1.165) is 0 Å². The molecule has 7 heteroatoms. The Morgan fingerprint density at radius 2 is 1.90 bits per heavy atom. The second-order valence-corrected chi connectivity index (χ2v) is 4.42. The normalized spacial score (nSPS) is 11.5. The van der Waals surface area contributed by atoms with Gasteiger partial charge in [0.15, 0.2) is 0 Å². The summed E-state index contributed by atoms with van der Waals surface area (Å²) in [5, 5.41) is 11.8. The van der Waals surface area contributed by atoms with Gasteiger partial charge in [-0.05, 0) is 30.7 Å². The van der Waals surface area contributed by atoms with E-state index in [-0.39, 0.29) is 12.8 Å². The van der Waals surface area contributed by atoms with Crippen LogP contribution < -0.4 is 5.32 Å². The van der Waals surface area contributed by atoms with Gasteiger partial charge < -0.3 is 15.2 Å². The molecule has 0 heterocycles. The lowest BCUT2D eigenvalue weighted by atomic mass is 10.1. The highest BCUT2D eigenvalue weighted by Gasteiger charge is 2.21. The minimum absolute atomic E-state index is 0.0403. The minimum Gasteiger partial charge on any atom is -0.480 e. The van der Waals surface area contributed by atoms with Crippen molar-refractivity contribution in [1.82, 2.24) is 5.32 Å². The molecule has 6 nitrogen and oxygen atoms in total. The summed E-state index contributed by atoms with van der Waals surface area (Å²) >= 11 is 5.70. The molecule has 1 rings (SSSR count). The average Bonchev–Trinajstić information content (AvgIpc) is 2.43. The number of aliphatic carboxylic acids is 1. The lowest BCUT2D eigenvalue weighted by molar-refractivity contribution is -0.142. The van der Waals surface area contributed by atoms with Crippen LogP contribution in [0.5, 0.6) is 0 Å². The Morgan fingerprint density at radius 1 is 1.30 bits per heavy atom. The zero-order valence-electron chi connectivity index (χ0n) is 10.8. The highest BCUT2D eigenvalue weighted by molar-refractivity contribution is 6.30. The molecule has 0 aliphatic rings. The number of carboxylic acid groups (broad SMARTS) is 1. The summed E-state index contributed by atoms with van der Waals surface area (Å²) in [5.74, 6) is -2.29. The van der Waals surface area contributed by atoms with E-state index in [1.165, 1.54) is 31.4 Å². The SMILES string of the molecule is COC(=O)CC[C@H](NC(=O)c1ccc(Cl)cc1)C(=O)O. The molecule has 1 aromatic carbocycles. The van der Waals surface area contributed by atoms with Gasteiger partial charge in [0.1, 0.15) is 6.04 Å². The molecule has 0 saturated heterocycles. The van der Waals surface area contributed by atoms with Gasteiger partial charge in [0.2, 0.25) is 0 Å². The summed E-state index contributed by atoms with van der Waals surface area (Å²) in [6.07, 6.45) is -0.129. The standard InChI is InChI=1S/C13H14ClNO5/c1-20-11(16)7-6-10(13(18)19)15-12(17)8-2-4-9(14)5-3-8/h2-5,10H,6-7H2,1H3,(H,15,17)(H,18,19)/t10-/m0/s1. The number of halogens is 1. The third-order valence-electron chi connectivity index (χ3n) is 2.57. The molecule has 0 aliphatic heterocycles. The summed E-state index contributed by atoms with van der Waals surface area (Å²) < 4.78 is 4.42. The van der Waals surface area contributed by atoms with Gasteiger partial charge in [0.25, 0.3) is 5.91 Å². The van der Waals surface area contributed by atoms with Crippen molar-refractivity contribution in [1.29, 1.82) is 0 Å². The van der Waals surface area contributed by atoms with E-state index in [4.69, 9.17) is 16.7 Å². The summed E-state index contributed by atoms with van der Waals surface area (Å²) in [7, 11) is 1.21. The van der Waals surface area contributed by atoms with E-state index in [1.807, 2.05) is 0 Å². The molecule has 0 bridgehead atoms. The Bertz CT molecular complexity index is 500. The first-order chi connectivity index (χ1) is 9.43. The monoisotopic (exact) mass is 299 g/mol. The average molecular weight is 300 g/mol. The van der Waals surface area contributed by atoms with Crippen molar-refractivity contribution in [3.8, 4) is 0 Å². The molecule has 0 aromatic heterocycles. The van der Waals surface area contributed by atoms with Gasteiger partial charge in [-0.2, -0.15) is 0 Å². The first kappa shape index (κ1) is 16.0. The largest absolute Gasteiger partial charge is 0.480 e. The van der Waals surface area contributed by atoms with Gasteiger partial charge in [-0.15, -0.1) is 0 Å². The van der Waals surface area contributed by atoms with Gasteiger partial charge >= 0.3 is 11.9 Å². The van der Waals surface area contributed by atoms with Crippen LogP contribution in [0, 0.1) is 0 Å². The van der Waals surface area contributed by atoms with Crippen LogP contribution in [0.3, 0.4) is 0 Å². The molecule has 0 aliphatic carbocycles. The second-order valence-electron chi connectivity index (χ2n) is 3.99. The Morgan fingerprint density at radius 3 is 2.40 bits per heavy atom. The molecule has 20 heavy (non-hydrogen) atoms. The van der Waals surface area contributed by atoms with Crippen molar-refractivity contribution < 1.29 is 24.2 Å². The molecular weight excluding hydrogens is 286 g/mol. The molecule has 1 atom stereocenters. The Labute approximate surface area is 120 Å². The number of ether oxygens (including phenoxy) is 1. The van der Waals surface area contributed by atoms with Crippen molar-refractivity contribution in [2.45, 2.75) is 18.9 Å². The number of carbonyl (C=O) groups is 3. The summed E-state index contributed by atoms with van der Waals surface area (Å²) in [6, 6.07) is 4.87. The number of nitrogens with one attached hydrogen (secondary N) is 1. The topological polar surface area (TPSA) is 92.7 Å². The number of benzene rings is 1. The molecule has 0 fully saturated rings. The Hall–Kier alpha value is -2.08. The quantitative estimate of drug-likeness (QED) is 0.776. The molecule has 108 valence electrons. The van der Waals surface area contributed by atoms with Crippen LogP contribution >= 0.6 is 11.6 Å². The van der Waals surface area contributed by atoms with Crippen LogP contribution in [-0.4, -0.2) is 36.1 Å². The van der Waals surface area contributed by atoms with Crippen LogP contribution in [0.4, 0.5) is 0 Å². The van der Waals surface area contributed by atoms with E-state index in [0.29, 0.717) is 10.6 Å². The van der Waals surface area contributed by atoms with Crippen molar-refractivity contribution in [3.63, 3.8) is 0 Å². The highest BCUT2D eigenvalue weighted by atomic mass is 35.5. The number of carboxylic acids is 1. The predicted octanol–water partition coefficient (Wildman–Crippen LogP) is 1.48. The number of methoxy groups -OCH3 is 1. The van der Waals surface area contributed by atoms with Gasteiger partial charge in [-0.3, -0.25) is 9.59 Å². The molecule has 1 aromatic rings. The van der Waals surface area contributed by atoms with Crippen LogP contribution in [-0.2, 0) is 14.3 Å². The number of hydrogen-bond acceptors (Lipinski definition) is 4. The maximum atomic E-state index is 11.9. The van der Waals surface area contributed by atoms with E-state index in [1.54, 1.807) is 0 Å². The first-order valence-electron chi connectivity index (χ1n) is 5.80. The molecule has 0 unspecified atom stereocenters. The smallest absolute Gasteiger partial charge is 0.326 e. The van der Waals surface area contributed by atoms with Crippen molar-refractivity contribution in [3.05, 3.63) is 34.9 Å². The Balaban J connectivity index is 2.65. The van der Waals surface area contributed by atoms with Crippen molar-refractivity contribution in [2.75, 3.05) is 7.11 Å². The summed E-state index contributed by atoms with van der Waals surface area (Å²) in [4.78, 5) is 33.9. The van der Waals surface area contributed by atoms with E-state index in [9.17, 15) is 14.4 Å². The fourth-order valence-corrected chi connectivity index (χ4v) is 1.59. The molecule has 1 amide bonds. The lowest BCUT2D eigenvalue weighted by Crippen LogP contribution is -2.41. The zero-order chi connectivity index (χ0) is 15.1. The zero-order valence-corrected chi connectivity index (χ0v) is 11.5. The second kappa shape index (κ2) is 7.49. The number of amides is 1. The number of rotatable bonds is 6. The van der Waals surface area contributed by atoms with Gasteiger partial charge in [-0.1, -0.05) is 11.6 Å². The number of carbonyl (C=O) groups excluding carboxylic acids is 2. The molecular formula is C13H14ClNO5. The summed E-state index contributed by atoms with van der Waals surface area (Å²) in [5.41, 5.74) is 0.290. The van der Waals surface area contributed by atoms with Crippen LogP contribution in [0.1, 0.15) is 23.2 Å². The fraction of sp³-hybridized carbons (Fsp3) is 0.308. The van der Waals surface area contributed by atoms with Crippen LogP contribution in [0.2, 0.25) is 5.02 Å². The van der Waals surface area contributed by atoms with E-state index < -0.39 is 23.9 Å². The molecule has 0 spiro atoms. The first-order valence-corrected chi connectivity index (χ1v) is 6.18. The third-order valence-corrected chi connectivity index (χ3v) is 2.83. The van der Waals surface area contributed by atoms with Crippen molar-refractivity contribution >= 4 is 29.4 Å². The van der Waals surface area contributed by atoms with E-state index in [2.05, 4.69) is 10.1 Å². The molecule has 0 saturated carbocycles. The third kappa shape index (κ3) is 4.89. The van der Waals surface area contributed by atoms with Crippen LogP contribution in [0.25, 0.3) is 0 Å². The van der Waals surface area contributed by atoms with E-state index >= 15 is 0 Å². The Kier molecular flexibility index (Phi) is 5.99. The fourth-order valence-electron chi connectivity index (χ4n) is 1.46. The number of esters is 1. The number of hydrogen-bond donors (Lipinski definition) is 2. The maximum absolute atomic E-state index is 11.9. The lowest BCUT2D eigenvalue weighted by Gasteiger charge is -2.13. The summed E-state index contributed by atoms with van der Waals surface area (Å²) in [6.45, 7) is 0. The minimum atomic E-state index is -1.21.